The second-order valence-corrected chi connectivity index (χ2v) is 4.98. The number of aliphatic hydroxyl groups excluding tert-OH is 1. The predicted octanol–water partition coefficient (Wildman–Crippen LogP) is 1.22. The summed E-state index contributed by atoms with van der Waals surface area (Å²) in [5.74, 6) is 0. The average Bonchev–Trinajstić information content (AvgIpc) is 2.28. The summed E-state index contributed by atoms with van der Waals surface area (Å²) in [5.41, 5.74) is -0.118. The first kappa shape index (κ1) is 12.9. The summed E-state index contributed by atoms with van der Waals surface area (Å²) < 4.78 is 0. The Morgan fingerprint density at radius 3 is 2.47 bits per heavy atom. The van der Waals surface area contributed by atoms with Crippen LogP contribution in [0.4, 0.5) is 0 Å². The summed E-state index contributed by atoms with van der Waals surface area (Å²) in [6, 6.07) is 0. The van der Waals surface area contributed by atoms with E-state index in [1.807, 2.05) is 0 Å². The lowest BCUT2D eigenvalue weighted by atomic mass is 10.0. The second kappa shape index (κ2) is 6.46. The Hall–Kier alpha value is -0.120. The van der Waals surface area contributed by atoms with Gasteiger partial charge in [0.15, 0.2) is 0 Å². The van der Waals surface area contributed by atoms with Crippen molar-refractivity contribution in [1.29, 1.82) is 0 Å². The van der Waals surface area contributed by atoms with Gasteiger partial charge in [-0.05, 0) is 45.8 Å². The third-order valence-corrected chi connectivity index (χ3v) is 3.17. The van der Waals surface area contributed by atoms with Crippen LogP contribution in [0.3, 0.4) is 0 Å². The smallest absolute Gasteiger partial charge is 0.0623 e. The van der Waals surface area contributed by atoms with E-state index in [1.165, 1.54) is 32.4 Å². The lowest BCUT2D eigenvalue weighted by Crippen LogP contribution is -2.55. The number of hydrogen-bond acceptors (Lipinski definition) is 3. The number of piperidine rings is 1. The largest absolute Gasteiger partial charge is 0.394 e. The van der Waals surface area contributed by atoms with Crippen LogP contribution in [0, 0.1) is 0 Å². The molecule has 1 aliphatic rings. The van der Waals surface area contributed by atoms with E-state index in [0.717, 1.165) is 19.5 Å². The lowest BCUT2D eigenvalue weighted by molar-refractivity contribution is 0.109. The molecule has 15 heavy (non-hydrogen) atoms. The van der Waals surface area contributed by atoms with Gasteiger partial charge in [0.1, 0.15) is 0 Å². The molecule has 1 rings (SSSR count). The molecule has 1 aliphatic heterocycles. The Labute approximate surface area is 93.9 Å². The Morgan fingerprint density at radius 1 is 1.27 bits per heavy atom. The van der Waals surface area contributed by atoms with Gasteiger partial charge in [0.25, 0.3) is 0 Å². The molecule has 0 aliphatic carbocycles. The van der Waals surface area contributed by atoms with Gasteiger partial charge in [-0.1, -0.05) is 13.3 Å². The second-order valence-electron chi connectivity index (χ2n) is 4.98. The highest BCUT2D eigenvalue weighted by atomic mass is 16.3. The van der Waals surface area contributed by atoms with E-state index in [-0.39, 0.29) is 12.1 Å². The molecular formula is C12H26N2O. The first-order chi connectivity index (χ1) is 7.20. The number of rotatable bonds is 6. The summed E-state index contributed by atoms with van der Waals surface area (Å²) in [6.45, 7) is 8.87. The fraction of sp³-hybridized carbons (Fsp3) is 1.00. The maximum Gasteiger partial charge on any atom is 0.0623 e. The molecule has 1 atom stereocenters. The van der Waals surface area contributed by atoms with Crippen LogP contribution in [0.1, 0.15) is 39.5 Å². The fourth-order valence-electron chi connectivity index (χ4n) is 2.20. The van der Waals surface area contributed by atoms with Crippen molar-refractivity contribution in [2.24, 2.45) is 0 Å². The molecule has 0 radical (unpaired) electrons. The van der Waals surface area contributed by atoms with Crippen LogP contribution in [0.15, 0.2) is 0 Å². The molecular weight excluding hydrogens is 188 g/mol. The summed E-state index contributed by atoms with van der Waals surface area (Å²) >= 11 is 0. The van der Waals surface area contributed by atoms with Crippen LogP contribution in [0.5, 0.6) is 0 Å². The van der Waals surface area contributed by atoms with E-state index in [0.29, 0.717) is 0 Å². The molecule has 0 bridgehead atoms. The highest BCUT2D eigenvalue weighted by molar-refractivity contribution is 4.86. The number of hydrogen-bond donors (Lipinski definition) is 2. The molecule has 2 N–H and O–H groups in total. The Kier molecular flexibility index (Phi) is 5.58. The monoisotopic (exact) mass is 214 g/mol. The molecule has 0 saturated carbocycles. The third-order valence-electron chi connectivity index (χ3n) is 3.17. The first-order valence-electron chi connectivity index (χ1n) is 6.28. The molecule has 0 amide bonds. The number of likely N-dealkylation sites (tertiary alicyclic amines) is 1. The van der Waals surface area contributed by atoms with Crippen LogP contribution in [0.2, 0.25) is 0 Å². The molecule has 1 saturated heterocycles. The summed E-state index contributed by atoms with van der Waals surface area (Å²) in [4.78, 5) is 2.47. The Balaban J connectivity index is 2.35. The van der Waals surface area contributed by atoms with Gasteiger partial charge in [0.05, 0.1) is 12.1 Å². The normalized spacial score (nSPS) is 22.6. The van der Waals surface area contributed by atoms with Crippen molar-refractivity contribution in [3.05, 3.63) is 0 Å². The van der Waals surface area contributed by atoms with E-state index in [2.05, 4.69) is 24.1 Å². The number of nitrogens with zero attached hydrogens (tertiary/aromatic N) is 1. The first-order valence-corrected chi connectivity index (χ1v) is 6.28. The van der Waals surface area contributed by atoms with Crippen molar-refractivity contribution in [3.63, 3.8) is 0 Å². The summed E-state index contributed by atoms with van der Waals surface area (Å²) in [5, 5.41) is 12.9. The average molecular weight is 214 g/mol. The molecule has 0 aromatic rings. The molecule has 1 fully saturated rings. The van der Waals surface area contributed by atoms with Crippen molar-refractivity contribution in [1.82, 2.24) is 10.2 Å². The van der Waals surface area contributed by atoms with Gasteiger partial charge >= 0.3 is 0 Å². The van der Waals surface area contributed by atoms with Gasteiger partial charge in [-0.25, -0.2) is 0 Å². The van der Waals surface area contributed by atoms with E-state index in [1.54, 1.807) is 0 Å². The zero-order valence-corrected chi connectivity index (χ0v) is 10.3. The van der Waals surface area contributed by atoms with Gasteiger partial charge in [-0.15, -0.1) is 0 Å². The van der Waals surface area contributed by atoms with Crippen LogP contribution >= 0.6 is 0 Å². The fourth-order valence-corrected chi connectivity index (χ4v) is 2.20. The minimum atomic E-state index is -0.118. The molecule has 0 aromatic carbocycles. The molecule has 90 valence electrons. The van der Waals surface area contributed by atoms with Crippen LogP contribution < -0.4 is 5.32 Å². The standard InChI is InChI=1S/C12H26N2O/c1-3-7-13-12(2,11-15)10-14-8-5-4-6-9-14/h13,15H,3-11H2,1-2H3. The topological polar surface area (TPSA) is 35.5 Å². The molecule has 0 aromatic heterocycles. The lowest BCUT2D eigenvalue weighted by Gasteiger charge is -2.36. The van der Waals surface area contributed by atoms with Crippen LogP contribution in [0.25, 0.3) is 0 Å². The molecule has 0 spiro atoms. The Morgan fingerprint density at radius 2 is 1.93 bits per heavy atom. The molecule has 1 unspecified atom stereocenters. The number of nitrogens with one attached hydrogen (secondary N) is 1. The van der Waals surface area contributed by atoms with Crippen molar-refractivity contribution >= 4 is 0 Å². The molecule has 1 heterocycles. The van der Waals surface area contributed by atoms with Crippen molar-refractivity contribution < 1.29 is 5.11 Å². The minimum Gasteiger partial charge on any atom is -0.394 e. The summed E-state index contributed by atoms with van der Waals surface area (Å²) in [7, 11) is 0. The summed E-state index contributed by atoms with van der Waals surface area (Å²) in [6.07, 6.45) is 5.12. The van der Waals surface area contributed by atoms with Gasteiger partial charge < -0.3 is 15.3 Å². The highest BCUT2D eigenvalue weighted by Crippen LogP contribution is 2.13. The van der Waals surface area contributed by atoms with Crippen molar-refractivity contribution in [2.75, 3.05) is 32.8 Å². The zero-order chi connectivity index (χ0) is 11.1. The van der Waals surface area contributed by atoms with E-state index in [4.69, 9.17) is 0 Å². The van der Waals surface area contributed by atoms with E-state index < -0.39 is 0 Å². The third kappa shape index (κ3) is 4.49. The van der Waals surface area contributed by atoms with Crippen molar-refractivity contribution in [2.45, 2.75) is 45.1 Å². The molecule has 3 nitrogen and oxygen atoms in total. The van der Waals surface area contributed by atoms with Crippen molar-refractivity contribution in [3.8, 4) is 0 Å². The van der Waals surface area contributed by atoms with Gasteiger partial charge in [-0.3, -0.25) is 0 Å². The van der Waals surface area contributed by atoms with E-state index >= 15 is 0 Å². The van der Waals surface area contributed by atoms with Gasteiger partial charge in [0, 0.05) is 6.54 Å². The highest BCUT2D eigenvalue weighted by Gasteiger charge is 2.26. The number of aliphatic hydroxyl groups is 1. The van der Waals surface area contributed by atoms with Crippen LogP contribution in [-0.2, 0) is 0 Å². The van der Waals surface area contributed by atoms with E-state index in [9.17, 15) is 5.11 Å². The minimum absolute atomic E-state index is 0.118. The maximum absolute atomic E-state index is 9.45. The van der Waals surface area contributed by atoms with Gasteiger partial charge in [-0.2, -0.15) is 0 Å². The van der Waals surface area contributed by atoms with Crippen LogP contribution in [-0.4, -0.2) is 48.3 Å². The molecule has 3 heteroatoms. The Bertz CT molecular complexity index is 169. The zero-order valence-electron chi connectivity index (χ0n) is 10.3. The predicted molar refractivity (Wildman–Crippen MR) is 64.1 cm³/mol. The quantitative estimate of drug-likeness (QED) is 0.698. The SMILES string of the molecule is CCCNC(C)(CO)CN1CCCCC1. The maximum atomic E-state index is 9.45. The van der Waals surface area contributed by atoms with Gasteiger partial charge in [0.2, 0.25) is 0 Å².